The Morgan fingerprint density at radius 2 is 1.69 bits per heavy atom. The van der Waals surface area contributed by atoms with E-state index in [-0.39, 0.29) is 5.41 Å². The molecule has 132 valence electrons. The van der Waals surface area contributed by atoms with Crippen LogP contribution in [0, 0.1) is 20.8 Å². The molecule has 2 aromatic carbocycles. The highest BCUT2D eigenvalue weighted by Gasteiger charge is 2.23. The molecular formula is C24H27BS. The third kappa shape index (κ3) is 3.32. The van der Waals surface area contributed by atoms with Crippen molar-refractivity contribution in [3.05, 3.63) is 75.9 Å². The molecule has 0 spiro atoms. The van der Waals surface area contributed by atoms with Crippen molar-refractivity contribution in [3.8, 4) is 0 Å². The molecule has 0 aliphatic heterocycles. The standard InChI is InChI=1S/C24H27BS/c1-15-16(2)23(26)22(25)17(3)21(15)19-11-8-10-18-9-6-7-12-20(18)24(4,5)14-13-19/h6-9,11-13,26H,10,14H2,1-5H3. The number of hydrogen-bond donors (Lipinski definition) is 1. The first-order valence-electron chi connectivity index (χ1n) is 9.27. The molecule has 0 nitrogen and oxygen atoms in total. The summed E-state index contributed by atoms with van der Waals surface area (Å²) in [5, 5.41) is 0. The van der Waals surface area contributed by atoms with Crippen molar-refractivity contribution < 1.29 is 0 Å². The summed E-state index contributed by atoms with van der Waals surface area (Å²) in [6, 6.07) is 8.81. The average Bonchev–Trinajstić information content (AvgIpc) is 2.68. The molecule has 0 bridgehead atoms. The molecule has 0 unspecified atom stereocenters. The van der Waals surface area contributed by atoms with E-state index in [2.05, 4.69) is 89.7 Å². The second-order valence-electron chi connectivity index (χ2n) is 8.02. The molecule has 2 aromatic rings. The number of fused-ring (bicyclic) bond motifs is 1. The Hall–Kier alpha value is -1.67. The van der Waals surface area contributed by atoms with Crippen molar-refractivity contribution in [2.75, 3.05) is 0 Å². The summed E-state index contributed by atoms with van der Waals surface area (Å²) in [6.45, 7) is 11.1. The van der Waals surface area contributed by atoms with Gasteiger partial charge >= 0.3 is 0 Å². The Morgan fingerprint density at radius 1 is 1.00 bits per heavy atom. The molecule has 0 N–H and O–H groups in total. The molecule has 0 fully saturated rings. The van der Waals surface area contributed by atoms with Gasteiger partial charge in [-0.1, -0.05) is 61.8 Å². The largest absolute Gasteiger partial charge is 0.144 e. The van der Waals surface area contributed by atoms with E-state index >= 15 is 0 Å². The van der Waals surface area contributed by atoms with Crippen LogP contribution in [-0.2, 0) is 11.8 Å². The summed E-state index contributed by atoms with van der Waals surface area (Å²) in [5.41, 5.74) is 9.84. The van der Waals surface area contributed by atoms with Crippen LogP contribution in [0.4, 0.5) is 0 Å². The predicted octanol–water partition coefficient (Wildman–Crippen LogP) is 5.56. The fourth-order valence-electron chi connectivity index (χ4n) is 3.99. The molecule has 1 aliphatic carbocycles. The number of hydrogen-bond acceptors (Lipinski definition) is 1. The molecule has 0 heterocycles. The van der Waals surface area contributed by atoms with Crippen molar-refractivity contribution in [1.29, 1.82) is 0 Å². The summed E-state index contributed by atoms with van der Waals surface area (Å²) in [4.78, 5) is 0.907. The molecular weight excluding hydrogens is 331 g/mol. The van der Waals surface area contributed by atoms with E-state index in [0.29, 0.717) is 0 Å². The lowest BCUT2D eigenvalue weighted by Gasteiger charge is -2.26. The summed E-state index contributed by atoms with van der Waals surface area (Å²) < 4.78 is 0. The predicted molar refractivity (Wildman–Crippen MR) is 118 cm³/mol. The van der Waals surface area contributed by atoms with Gasteiger partial charge < -0.3 is 0 Å². The van der Waals surface area contributed by atoms with Gasteiger partial charge in [0.15, 0.2) is 0 Å². The summed E-state index contributed by atoms with van der Waals surface area (Å²) in [7, 11) is 6.35. The molecule has 3 rings (SSSR count). The second-order valence-corrected chi connectivity index (χ2v) is 8.47. The van der Waals surface area contributed by atoms with E-state index in [1.807, 2.05) is 0 Å². The normalized spacial score (nSPS) is 16.3. The Bertz CT molecular complexity index is 887. The number of allylic oxidation sites excluding steroid dienone is 4. The van der Waals surface area contributed by atoms with Gasteiger partial charge in [-0.25, -0.2) is 0 Å². The molecule has 1 aliphatic rings. The third-order valence-electron chi connectivity index (χ3n) is 5.83. The molecule has 26 heavy (non-hydrogen) atoms. The first kappa shape index (κ1) is 19.1. The molecule has 0 saturated carbocycles. The minimum absolute atomic E-state index is 0.0970. The lowest BCUT2D eigenvalue weighted by Crippen LogP contribution is -2.18. The molecule has 2 radical (unpaired) electrons. The van der Waals surface area contributed by atoms with Crippen LogP contribution in [0.2, 0.25) is 0 Å². The van der Waals surface area contributed by atoms with E-state index in [9.17, 15) is 0 Å². The second kappa shape index (κ2) is 7.16. The topological polar surface area (TPSA) is 0 Å². The molecule has 0 saturated heterocycles. The zero-order chi connectivity index (χ0) is 19.1. The van der Waals surface area contributed by atoms with Crippen molar-refractivity contribution in [3.63, 3.8) is 0 Å². The average molecular weight is 358 g/mol. The van der Waals surface area contributed by atoms with Gasteiger partial charge in [-0.15, -0.1) is 12.6 Å². The zero-order valence-electron chi connectivity index (χ0n) is 16.5. The molecule has 0 aromatic heterocycles. The third-order valence-corrected chi connectivity index (χ3v) is 6.41. The first-order valence-corrected chi connectivity index (χ1v) is 9.72. The fourth-order valence-corrected chi connectivity index (χ4v) is 4.33. The maximum Gasteiger partial charge on any atom is 0.115 e. The van der Waals surface area contributed by atoms with Gasteiger partial charge in [0.1, 0.15) is 7.85 Å². The van der Waals surface area contributed by atoms with Crippen molar-refractivity contribution >= 4 is 31.5 Å². The van der Waals surface area contributed by atoms with Gasteiger partial charge in [-0.2, -0.15) is 0 Å². The quantitative estimate of drug-likeness (QED) is 0.501. The number of benzene rings is 2. The van der Waals surface area contributed by atoms with E-state index < -0.39 is 0 Å². The lowest BCUT2D eigenvalue weighted by molar-refractivity contribution is 0.530. The highest BCUT2D eigenvalue weighted by Crippen LogP contribution is 2.35. The maximum atomic E-state index is 6.35. The Labute approximate surface area is 165 Å². The maximum absolute atomic E-state index is 6.35. The fraction of sp³-hybridized carbons (Fsp3) is 0.333. The van der Waals surface area contributed by atoms with Crippen LogP contribution in [-0.4, -0.2) is 7.85 Å². The highest BCUT2D eigenvalue weighted by molar-refractivity contribution is 7.80. The SMILES string of the molecule is [B]c1c(C)c(C2=CCC(C)(C)c3ccccc3CC=C2)c(C)c(C)c1S. The van der Waals surface area contributed by atoms with Gasteiger partial charge in [-0.3, -0.25) is 0 Å². The van der Waals surface area contributed by atoms with E-state index in [1.54, 1.807) is 0 Å². The van der Waals surface area contributed by atoms with Crippen LogP contribution in [0.1, 0.15) is 53.6 Å². The van der Waals surface area contributed by atoms with Crippen LogP contribution in [0.15, 0.2) is 47.4 Å². The monoisotopic (exact) mass is 358 g/mol. The van der Waals surface area contributed by atoms with Gasteiger partial charge in [0.25, 0.3) is 0 Å². The Morgan fingerprint density at radius 3 is 2.42 bits per heavy atom. The summed E-state index contributed by atoms with van der Waals surface area (Å²) in [6.07, 6.45) is 8.87. The van der Waals surface area contributed by atoms with E-state index in [1.165, 1.54) is 33.4 Å². The zero-order valence-corrected chi connectivity index (χ0v) is 17.4. The van der Waals surface area contributed by atoms with Crippen LogP contribution < -0.4 is 5.46 Å². The Kier molecular flexibility index (Phi) is 5.26. The summed E-state index contributed by atoms with van der Waals surface area (Å²) in [5.74, 6) is 0. The number of thiol groups is 1. The smallest absolute Gasteiger partial charge is 0.115 e. The highest BCUT2D eigenvalue weighted by atomic mass is 32.1. The molecule has 0 atom stereocenters. The van der Waals surface area contributed by atoms with Crippen LogP contribution >= 0.6 is 12.6 Å². The van der Waals surface area contributed by atoms with Gasteiger partial charge in [0, 0.05) is 4.90 Å². The van der Waals surface area contributed by atoms with Gasteiger partial charge in [0.2, 0.25) is 0 Å². The summed E-state index contributed by atoms with van der Waals surface area (Å²) >= 11 is 4.62. The van der Waals surface area contributed by atoms with Gasteiger partial charge in [-0.05, 0) is 78.0 Å². The van der Waals surface area contributed by atoms with Crippen LogP contribution in [0.5, 0.6) is 0 Å². The molecule has 0 amide bonds. The van der Waals surface area contributed by atoms with Gasteiger partial charge in [0.05, 0.1) is 0 Å². The minimum atomic E-state index is 0.0970. The van der Waals surface area contributed by atoms with Crippen molar-refractivity contribution in [2.24, 2.45) is 0 Å². The van der Waals surface area contributed by atoms with Crippen LogP contribution in [0.3, 0.4) is 0 Å². The Balaban J connectivity index is 2.16. The van der Waals surface area contributed by atoms with E-state index in [4.69, 9.17) is 7.85 Å². The van der Waals surface area contributed by atoms with Crippen molar-refractivity contribution in [2.45, 2.75) is 57.8 Å². The van der Waals surface area contributed by atoms with Crippen LogP contribution in [0.25, 0.3) is 5.57 Å². The van der Waals surface area contributed by atoms with Crippen molar-refractivity contribution in [1.82, 2.24) is 0 Å². The van der Waals surface area contributed by atoms with E-state index in [0.717, 1.165) is 28.8 Å². The number of rotatable bonds is 1. The molecule has 2 heteroatoms. The lowest BCUT2D eigenvalue weighted by atomic mass is 9.77. The first-order chi connectivity index (χ1) is 12.2. The minimum Gasteiger partial charge on any atom is -0.144 e.